The van der Waals surface area contributed by atoms with Crippen LogP contribution < -0.4 is 39.9 Å². The number of aryl methyl sites for hydroxylation is 1. The van der Waals surface area contributed by atoms with Crippen molar-refractivity contribution < 1.29 is 39.0 Å². The Kier molecular flexibility index (Phi) is 11.6. The lowest BCUT2D eigenvalue weighted by atomic mass is 10.2. The molecule has 0 unspecified atom stereocenters. The molecule has 0 saturated carbocycles. The van der Waals surface area contributed by atoms with Crippen molar-refractivity contribution in [3.05, 3.63) is 41.5 Å². The fraction of sp³-hybridized carbons (Fsp3) is 0.500. The van der Waals surface area contributed by atoms with Gasteiger partial charge in [0.1, 0.15) is 12.4 Å². The lowest BCUT2D eigenvalue weighted by Crippen LogP contribution is -3.00. The SMILES string of the molecule is Cc1cccc(/C=N/Nc2cc(N3CCOCC3)nc(OCCN3CCOCC3)n2)c1.[Cl-].[Cl-]. The monoisotopic (exact) mass is 496 g/mol. The number of rotatable bonds is 8. The van der Waals surface area contributed by atoms with Crippen LogP contribution >= 0.6 is 0 Å². The summed E-state index contributed by atoms with van der Waals surface area (Å²) in [5, 5.41) is 4.35. The summed E-state index contributed by atoms with van der Waals surface area (Å²) in [6, 6.07) is 10.4. The lowest BCUT2D eigenvalue weighted by Gasteiger charge is -2.28. The quantitative estimate of drug-likeness (QED) is 0.291. The topological polar surface area (TPSA) is 84.3 Å². The van der Waals surface area contributed by atoms with Gasteiger partial charge in [0, 0.05) is 38.8 Å². The van der Waals surface area contributed by atoms with E-state index in [4.69, 9.17) is 14.2 Å². The first-order valence-electron chi connectivity index (χ1n) is 10.8. The molecule has 2 aliphatic heterocycles. The average Bonchev–Trinajstić information content (AvgIpc) is 2.80. The Morgan fingerprint density at radius 3 is 2.48 bits per heavy atom. The van der Waals surface area contributed by atoms with Crippen LogP contribution in [0.4, 0.5) is 11.6 Å². The van der Waals surface area contributed by atoms with Crippen LogP contribution in [-0.4, -0.2) is 86.8 Å². The molecule has 0 amide bonds. The Hall–Kier alpha value is -2.17. The van der Waals surface area contributed by atoms with Gasteiger partial charge in [-0.3, -0.25) is 10.3 Å². The van der Waals surface area contributed by atoms with Crippen molar-refractivity contribution in [2.45, 2.75) is 6.92 Å². The number of nitrogens with zero attached hydrogens (tertiary/aromatic N) is 5. The van der Waals surface area contributed by atoms with Gasteiger partial charge in [0.25, 0.3) is 0 Å². The first kappa shape index (κ1) is 27.1. The third-order valence-electron chi connectivity index (χ3n) is 5.20. The van der Waals surface area contributed by atoms with E-state index >= 15 is 0 Å². The molecule has 1 N–H and O–H groups in total. The molecule has 182 valence electrons. The number of ether oxygens (including phenoxy) is 3. The molecule has 0 atom stereocenters. The number of anilines is 2. The fourth-order valence-electron chi connectivity index (χ4n) is 3.50. The third-order valence-corrected chi connectivity index (χ3v) is 5.20. The molecule has 9 nitrogen and oxygen atoms in total. The number of halogens is 2. The van der Waals surface area contributed by atoms with E-state index < -0.39 is 0 Å². The first-order chi connectivity index (χ1) is 15.3. The minimum absolute atomic E-state index is 0. The maximum Gasteiger partial charge on any atom is 0.320 e. The lowest BCUT2D eigenvalue weighted by molar-refractivity contribution is -0.001000. The normalized spacial score (nSPS) is 16.7. The van der Waals surface area contributed by atoms with Crippen molar-refractivity contribution in [2.75, 3.05) is 76.1 Å². The zero-order valence-corrected chi connectivity index (χ0v) is 20.3. The van der Waals surface area contributed by atoms with Crippen molar-refractivity contribution in [3.63, 3.8) is 0 Å². The second-order valence-electron chi connectivity index (χ2n) is 7.58. The van der Waals surface area contributed by atoms with E-state index in [2.05, 4.69) is 49.4 Å². The Bertz CT molecular complexity index is 877. The number of hydrazone groups is 1. The molecule has 1 aromatic carbocycles. The van der Waals surface area contributed by atoms with Crippen LogP contribution in [0.15, 0.2) is 35.4 Å². The molecule has 2 saturated heterocycles. The van der Waals surface area contributed by atoms with Gasteiger partial charge in [-0.15, -0.1) is 0 Å². The molecule has 1 aromatic heterocycles. The minimum atomic E-state index is 0. The highest BCUT2D eigenvalue weighted by atomic mass is 35.5. The van der Waals surface area contributed by atoms with Crippen molar-refractivity contribution in [1.82, 2.24) is 14.9 Å². The van der Waals surface area contributed by atoms with Crippen molar-refractivity contribution in [2.24, 2.45) is 5.10 Å². The second kappa shape index (κ2) is 14.2. The van der Waals surface area contributed by atoms with Gasteiger partial charge in [0.05, 0.1) is 32.6 Å². The van der Waals surface area contributed by atoms with Crippen LogP contribution in [0.3, 0.4) is 0 Å². The molecule has 3 heterocycles. The highest BCUT2D eigenvalue weighted by Gasteiger charge is 2.16. The Balaban J connectivity index is 0.00000193. The van der Waals surface area contributed by atoms with Gasteiger partial charge < -0.3 is 43.9 Å². The summed E-state index contributed by atoms with van der Waals surface area (Å²) < 4.78 is 16.8. The van der Waals surface area contributed by atoms with Crippen molar-refractivity contribution in [3.8, 4) is 6.01 Å². The molecule has 0 spiro atoms. The number of hydrogen-bond acceptors (Lipinski definition) is 9. The van der Waals surface area contributed by atoms with Crippen LogP contribution in [0.25, 0.3) is 0 Å². The molecule has 0 radical (unpaired) electrons. The van der Waals surface area contributed by atoms with Gasteiger partial charge in [-0.25, -0.2) is 0 Å². The minimum Gasteiger partial charge on any atom is -1.00 e. The molecule has 4 rings (SSSR count). The summed E-state index contributed by atoms with van der Waals surface area (Å²) in [5.74, 6) is 1.41. The molecule has 2 aromatic rings. The van der Waals surface area contributed by atoms with E-state index in [0.29, 0.717) is 31.6 Å². The molecule has 2 aliphatic rings. The fourth-order valence-corrected chi connectivity index (χ4v) is 3.50. The first-order valence-corrected chi connectivity index (χ1v) is 10.8. The van der Waals surface area contributed by atoms with Gasteiger partial charge in [-0.05, 0) is 12.5 Å². The van der Waals surface area contributed by atoms with Crippen LogP contribution in [-0.2, 0) is 9.47 Å². The van der Waals surface area contributed by atoms with E-state index in [1.54, 1.807) is 6.21 Å². The maximum atomic E-state index is 5.91. The van der Waals surface area contributed by atoms with E-state index in [0.717, 1.165) is 57.3 Å². The summed E-state index contributed by atoms with van der Waals surface area (Å²) in [6.45, 7) is 9.76. The molecule has 0 bridgehead atoms. The maximum absolute atomic E-state index is 5.91. The standard InChI is InChI=1S/C22H30N6O3.2ClH/c1-18-3-2-4-19(15-18)17-23-26-20-16-21(28-8-12-30-13-9-28)25-22(24-20)31-14-7-27-5-10-29-11-6-27;;/h2-4,15-17H,5-14H2,1H3,(H,24,25,26);2*1H/p-2/b23-17+;;. The van der Waals surface area contributed by atoms with Crippen molar-refractivity contribution >= 4 is 17.9 Å². The molecule has 11 heteroatoms. The zero-order valence-electron chi connectivity index (χ0n) is 18.8. The zero-order chi connectivity index (χ0) is 21.3. The third kappa shape index (κ3) is 8.60. The molecule has 2 fully saturated rings. The number of hydrogen-bond donors (Lipinski definition) is 1. The van der Waals surface area contributed by atoms with E-state index in [9.17, 15) is 0 Å². The number of aromatic nitrogens is 2. The smallest absolute Gasteiger partial charge is 0.320 e. The van der Waals surface area contributed by atoms with E-state index in [-0.39, 0.29) is 24.8 Å². The molecular formula is C22H30Cl2N6O3-2. The predicted octanol–water partition coefficient (Wildman–Crippen LogP) is -4.21. The summed E-state index contributed by atoms with van der Waals surface area (Å²) in [7, 11) is 0. The highest BCUT2D eigenvalue weighted by molar-refractivity contribution is 5.80. The number of benzene rings is 1. The van der Waals surface area contributed by atoms with Crippen LogP contribution in [0.2, 0.25) is 0 Å². The van der Waals surface area contributed by atoms with Crippen molar-refractivity contribution in [1.29, 1.82) is 0 Å². The van der Waals surface area contributed by atoms with Gasteiger partial charge in [-0.2, -0.15) is 15.1 Å². The highest BCUT2D eigenvalue weighted by Crippen LogP contribution is 2.20. The molecular weight excluding hydrogens is 467 g/mol. The van der Waals surface area contributed by atoms with Gasteiger partial charge in [-0.1, -0.05) is 29.8 Å². The van der Waals surface area contributed by atoms with Gasteiger partial charge in [0.15, 0.2) is 5.82 Å². The number of nitrogens with one attached hydrogen (secondary N) is 1. The van der Waals surface area contributed by atoms with Crippen LogP contribution in [0.5, 0.6) is 6.01 Å². The summed E-state index contributed by atoms with van der Waals surface area (Å²) in [6.07, 6.45) is 1.78. The van der Waals surface area contributed by atoms with E-state index in [1.165, 1.54) is 5.56 Å². The van der Waals surface area contributed by atoms with Gasteiger partial charge >= 0.3 is 6.01 Å². The van der Waals surface area contributed by atoms with E-state index in [1.807, 2.05) is 18.2 Å². The average molecular weight is 497 g/mol. The predicted molar refractivity (Wildman–Crippen MR) is 120 cm³/mol. The molecule has 33 heavy (non-hydrogen) atoms. The summed E-state index contributed by atoms with van der Waals surface area (Å²) >= 11 is 0. The Morgan fingerprint density at radius 2 is 1.76 bits per heavy atom. The largest absolute Gasteiger partial charge is 1.00 e. The Labute approximate surface area is 207 Å². The van der Waals surface area contributed by atoms with Gasteiger partial charge in [0.2, 0.25) is 0 Å². The Morgan fingerprint density at radius 1 is 1.03 bits per heavy atom. The van der Waals surface area contributed by atoms with Crippen LogP contribution in [0, 0.1) is 6.92 Å². The summed E-state index contributed by atoms with van der Waals surface area (Å²) in [5.41, 5.74) is 5.24. The second-order valence-corrected chi connectivity index (χ2v) is 7.58. The summed E-state index contributed by atoms with van der Waals surface area (Å²) in [4.78, 5) is 13.6. The van der Waals surface area contributed by atoms with Crippen LogP contribution in [0.1, 0.15) is 11.1 Å². The molecule has 0 aliphatic carbocycles. The number of morpholine rings is 2.